The zero-order valence-corrected chi connectivity index (χ0v) is 14.5. The van der Waals surface area contributed by atoms with Crippen LogP contribution in [-0.2, 0) is 6.18 Å². The van der Waals surface area contributed by atoms with Gasteiger partial charge in [-0.15, -0.1) is 0 Å². The summed E-state index contributed by atoms with van der Waals surface area (Å²) >= 11 is 5.83. The number of piperazine rings is 1. The third-order valence-electron chi connectivity index (χ3n) is 4.21. The number of hydrogen-bond donors (Lipinski definition) is 0. The summed E-state index contributed by atoms with van der Waals surface area (Å²) in [7, 11) is 0. The third kappa shape index (κ3) is 4.13. The van der Waals surface area contributed by atoms with E-state index in [4.69, 9.17) is 11.6 Å². The van der Waals surface area contributed by atoms with E-state index in [0.717, 1.165) is 24.4 Å². The molecule has 0 N–H and O–H groups in total. The number of pyridine rings is 1. The molecule has 1 fully saturated rings. The Hall–Kier alpha value is -2.42. The molecule has 3 rings (SSSR count). The fourth-order valence-electron chi connectivity index (χ4n) is 2.74. The Balaban J connectivity index is 1.67. The van der Waals surface area contributed by atoms with E-state index in [-0.39, 0.29) is 23.7 Å². The van der Waals surface area contributed by atoms with Crippen LogP contribution in [0.25, 0.3) is 0 Å². The lowest BCUT2D eigenvalue weighted by Crippen LogP contribution is -2.49. The van der Waals surface area contributed by atoms with Crippen molar-refractivity contribution in [1.29, 1.82) is 0 Å². The van der Waals surface area contributed by atoms with Gasteiger partial charge < -0.3 is 9.80 Å². The van der Waals surface area contributed by atoms with Crippen molar-refractivity contribution in [3.8, 4) is 0 Å². The second-order valence-corrected chi connectivity index (χ2v) is 6.34. The normalized spacial score (nSPS) is 15.2. The average Bonchev–Trinajstić information content (AvgIpc) is 2.64. The Morgan fingerprint density at radius 1 is 1.04 bits per heavy atom. The summed E-state index contributed by atoms with van der Waals surface area (Å²) in [6.45, 7) is 1.12. The van der Waals surface area contributed by atoms with Gasteiger partial charge in [-0.1, -0.05) is 11.6 Å². The molecule has 0 bridgehead atoms. The molecule has 144 valence electrons. The van der Waals surface area contributed by atoms with Crippen molar-refractivity contribution in [3.05, 3.63) is 58.2 Å². The number of aromatic nitrogens is 1. The van der Waals surface area contributed by atoms with Crippen LogP contribution in [0.15, 0.2) is 30.5 Å². The summed E-state index contributed by atoms with van der Waals surface area (Å²) in [5, 5.41) is -0.189. The molecule has 2 heterocycles. The van der Waals surface area contributed by atoms with Crippen molar-refractivity contribution in [2.45, 2.75) is 6.18 Å². The van der Waals surface area contributed by atoms with Crippen LogP contribution >= 0.6 is 11.6 Å². The van der Waals surface area contributed by atoms with Crippen molar-refractivity contribution >= 4 is 23.3 Å². The number of hydrogen-bond acceptors (Lipinski definition) is 3. The van der Waals surface area contributed by atoms with E-state index in [0.29, 0.717) is 18.9 Å². The van der Waals surface area contributed by atoms with Gasteiger partial charge in [0, 0.05) is 32.4 Å². The van der Waals surface area contributed by atoms with Crippen molar-refractivity contribution in [1.82, 2.24) is 9.88 Å². The van der Waals surface area contributed by atoms with Gasteiger partial charge in [0.1, 0.15) is 5.82 Å². The molecule has 1 amide bonds. The molecule has 0 radical (unpaired) electrons. The van der Waals surface area contributed by atoms with Crippen LogP contribution < -0.4 is 4.90 Å². The Morgan fingerprint density at radius 3 is 2.22 bits per heavy atom. The standard InChI is InChI=1S/C17H13ClF5N3O/c18-12-8-14(20)13(19)7-11(12)16(27)26-5-3-25(4-6-26)15-2-1-10(9-24-15)17(21,22)23/h1-2,7-9H,3-6H2. The smallest absolute Gasteiger partial charge is 0.353 e. The molecule has 1 aromatic carbocycles. The number of rotatable bonds is 2. The van der Waals surface area contributed by atoms with Crippen molar-refractivity contribution in [3.63, 3.8) is 0 Å². The Labute approximate surface area is 156 Å². The third-order valence-corrected chi connectivity index (χ3v) is 4.52. The monoisotopic (exact) mass is 405 g/mol. The second-order valence-electron chi connectivity index (χ2n) is 5.93. The fraction of sp³-hybridized carbons (Fsp3) is 0.294. The van der Waals surface area contributed by atoms with Gasteiger partial charge in [-0.2, -0.15) is 13.2 Å². The predicted molar refractivity (Wildman–Crippen MR) is 88.7 cm³/mol. The van der Waals surface area contributed by atoms with Crippen LogP contribution in [0.1, 0.15) is 15.9 Å². The Kier molecular flexibility index (Phi) is 5.23. The molecular formula is C17H13ClF5N3O. The first-order chi connectivity index (χ1) is 12.7. The van der Waals surface area contributed by atoms with Crippen LogP contribution in [0, 0.1) is 11.6 Å². The molecule has 1 aromatic heterocycles. The van der Waals surface area contributed by atoms with Crippen molar-refractivity contribution < 1.29 is 26.7 Å². The number of carbonyl (C=O) groups is 1. The summed E-state index contributed by atoms with van der Waals surface area (Å²) in [6, 6.07) is 3.71. The molecule has 1 aliphatic rings. The second kappa shape index (κ2) is 7.30. The largest absolute Gasteiger partial charge is 0.417 e. The summed E-state index contributed by atoms with van der Waals surface area (Å²) < 4.78 is 64.3. The van der Waals surface area contributed by atoms with E-state index in [1.807, 2.05) is 0 Å². The van der Waals surface area contributed by atoms with E-state index in [2.05, 4.69) is 4.98 Å². The summed E-state index contributed by atoms with van der Waals surface area (Å²) in [5.74, 6) is -2.50. The van der Waals surface area contributed by atoms with Crippen LogP contribution in [0.2, 0.25) is 5.02 Å². The van der Waals surface area contributed by atoms with Gasteiger partial charge in [-0.05, 0) is 24.3 Å². The summed E-state index contributed by atoms with van der Waals surface area (Å²) in [5.41, 5.74) is -0.982. The Bertz CT molecular complexity index is 849. The number of benzene rings is 1. The summed E-state index contributed by atoms with van der Waals surface area (Å²) in [4.78, 5) is 19.4. The number of halogens is 6. The zero-order chi connectivity index (χ0) is 19.8. The number of amides is 1. The van der Waals surface area contributed by atoms with E-state index in [1.165, 1.54) is 11.0 Å². The lowest BCUT2D eigenvalue weighted by atomic mass is 10.1. The van der Waals surface area contributed by atoms with Crippen molar-refractivity contribution in [2.75, 3.05) is 31.1 Å². The van der Waals surface area contributed by atoms with Crippen LogP contribution in [-0.4, -0.2) is 42.0 Å². The van der Waals surface area contributed by atoms with E-state index in [9.17, 15) is 26.7 Å². The minimum atomic E-state index is -4.46. The van der Waals surface area contributed by atoms with Gasteiger partial charge in [0.25, 0.3) is 5.91 Å². The van der Waals surface area contributed by atoms with Crippen LogP contribution in [0.4, 0.5) is 27.8 Å². The first-order valence-electron chi connectivity index (χ1n) is 7.89. The quantitative estimate of drug-likeness (QED) is 0.560. The van der Waals surface area contributed by atoms with Gasteiger partial charge in [0.05, 0.1) is 16.1 Å². The molecule has 1 aliphatic heterocycles. The molecule has 0 unspecified atom stereocenters. The van der Waals surface area contributed by atoms with E-state index < -0.39 is 29.3 Å². The molecule has 0 spiro atoms. The van der Waals surface area contributed by atoms with E-state index in [1.54, 1.807) is 4.90 Å². The lowest BCUT2D eigenvalue weighted by molar-refractivity contribution is -0.137. The zero-order valence-electron chi connectivity index (χ0n) is 13.7. The maximum atomic E-state index is 13.4. The number of alkyl halides is 3. The molecule has 2 aromatic rings. The molecule has 1 saturated heterocycles. The highest BCUT2D eigenvalue weighted by Crippen LogP contribution is 2.29. The highest BCUT2D eigenvalue weighted by atomic mass is 35.5. The number of anilines is 1. The molecule has 27 heavy (non-hydrogen) atoms. The first kappa shape index (κ1) is 19.3. The van der Waals surface area contributed by atoms with Gasteiger partial charge >= 0.3 is 6.18 Å². The highest BCUT2D eigenvalue weighted by molar-refractivity contribution is 6.33. The average molecular weight is 406 g/mol. The molecule has 0 aliphatic carbocycles. The number of nitrogens with zero attached hydrogens (tertiary/aromatic N) is 3. The molecular weight excluding hydrogens is 393 g/mol. The molecule has 4 nitrogen and oxygen atoms in total. The fourth-order valence-corrected chi connectivity index (χ4v) is 2.97. The highest BCUT2D eigenvalue weighted by Gasteiger charge is 2.31. The maximum absolute atomic E-state index is 13.4. The van der Waals surface area contributed by atoms with Crippen molar-refractivity contribution in [2.24, 2.45) is 0 Å². The molecule has 0 saturated carbocycles. The lowest BCUT2D eigenvalue weighted by Gasteiger charge is -2.35. The number of carbonyl (C=O) groups excluding carboxylic acids is 1. The van der Waals surface area contributed by atoms with Gasteiger partial charge in [0.2, 0.25) is 0 Å². The first-order valence-corrected chi connectivity index (χ1v) is 8.26. The summed E-state index contributed by atoms with van der Waals surface area (Å²) in [6.07, 6.45) is -3.70. The van der Waals surface area contributed by atoms with Crippen LogP contribution in [0.5, 0.6) is 0 Å². The topological polar surface area (TPSA) is 36.4 Å². The van der Waals surface area contributed by atoms with E-state index >= 15 is 0 Å². The van der Waals surface area contributed by atoms with Gasteiger partial charge in [-0.3, -0.25) is 4.79 Å². The minimum absolute atomic E-state index is 0.142. The minimum Gasteiger partial charge on any atom is -0.353 e. The molecule has 10 heteroatoms. The SMILES string of the molecule is O=C(c1cc(F)c(F)cc1Cl)N1CCN(c2ccc(C(F)(F)F)cn2)CC1. The van der Waals surface area contributed by atoms with Gasteiger partial charge in [0.15, 0.2) is 11.6 Å². The van der Waals surface area contributed by atoms with Gasteiger partial charge in [-0.25, -0.2) is 13.8 Å². The maximum Gasteiger partial charge on any atom is 0.417 e. The predicted octanol–water partition coefficient (Wildman–Crippen LogP) is 3.99. The molecule has 0 atom stereocenters. The Morgan fingerprint density at radius 2 is 1.67 bits per heavy atom. The van der Waals surface area contributed by atoms with Crippen LogP contribution in [0.3, 0.4) is 0 Å².